The highest BCUT2D eigenvalue weighted by Crippen LogP contribution is 2.30. The third kappa shape index (κ3) is 37.6. The molecule has 0 aliphatic heterocycles. The van der Waals surface area contributed by atoms with E-state index >= 15 is 0 Å². The number of hydrogen-bond acceptors (Lipinski definition) is 7. The Balaban J connectivity index is 3.92. The molecule has 0 aromatic rings. The van der Waals surface area contributed by atoms with Gasteiger partial charge in [0.25, 0.3) is 7.82 Å². The maximum atomic E-state index is 12.3. The number of phosphoric acid groups is 1. The third-order valence-corrected chi connectivity index (χ3v) is 9.25. The zero-order chi connectivity index (χ0) is 35.4. The molecule has 284 valence electrons. The van der Waals surface area contributed by atoms with Crippen molar-refractivity contribution in [3.05, 3.63) is 12.2 Å². The highest BCUT2D eigenvalue weighted by atomic mass is 31.2. The average molecular weight is 702 g/mol. The molecule has 0 heterocycles. The maximum absolute atomic E-state index is 12.3. The fourth-order valence-electron chi connectivity index (χ4n) is 5.78. The van der Waals surface area contributed by atoms with Crippen LogP contribution in [0.15, 0.2) is 12.2 Å². The Morgan fingerprint density at radius 3 is 1.31 bits per heavy atom. The molecule has 0 amide bonds. The molecule has 0 saturated heterocycles. The molecule has 0 aliphatic carbocycles. The Kier molecular flexibility index (Phi) is 34.7. The first-order valence-corrected chi connectivity index (χ1v) is 21.5. The van der Waals surface area contributed by atoms with Crippen molar-refractivity contribution in [2.75, 3.05) is 13.2 Å². The lowest BCUT2D eigenvalue weighted by Gasteiger charge is -2.21. The van der Waals surface area contributed by atoms with Gasteiger partial charge in [-0.15, -0.1) is 0 Å². The Morgan fingerprint density at radius 1 is 0.562 bits per heavy atom. The lowest BCUT2D eigenvalue weighted by atomic mass is 10.0. The minimum Gasteiger partial charge on any atom is -0.756 e. The topological polar surface area (TPSA) is 122 Å². The minimum atomic E-state index is -5.00. The fourth-order valence-corrected chi connectivity index (χ4v) is 6.13. The molecule has 48 heavy (non-hydrogen) atoms. The summed E-state index contributed by atoms with van der Waals surface area (Å²) in [5.41, 5.74) is 0. The second kappa shape index (κ2) is 35.6. The molecule has 0 aromatic heterocycles. The van der Waals surface area contributed by atoms with Crippen LogP contribution in [0.3, 0.4) is 0 Å². The number of hydrogen-bond donors (Lipinski definition) is 1. The molecule has 9 heteroatoms. The summed E-state index contributed by atoms with van der Waals surface area (Å²) in [4.78, 5) is 44.6. The van der Waals surface area contributed by atoms with Crippen molar-refractivity contribution in [3.8, 4) is 0 Å². The second-order valence-corrected chi connectivity index (χ2v) is 14.8. The van der Waals surface area contributed by atoms with E-state index in [2.05, 4.69) is 30.5 Å². The molecule has 8 nitrogen and oxygen atoms in total. The Hall–Kier alpha value is -1.21. The minimum absolute atomic E-state index is 0.190. The van der Waals surface area contributed by atoms with Crippen molar-refractivity contribution in [2.45, 2.75) is 213 Å². The van der Waals surface area contributed by atoms with Gasteiger partial charge in [-0.3, -0.25) is 14.2 Å². The van der Waals surface area contributed by atoms with Crippen molar-refractivity contribution in [1.82, 2.24) is 0 Å². The zero-order valence-electron chi connectivity index (χ0n) is 31.1. The maximum Gasteiger partial charge on any atom is 0.306 e. The van der Waals surface area contributed by atoms with Crippen LogP contribution >= 0.6 is 7.82 Å². The summed E-state index contributed by atoms with van der Waals surface area (Å²) in [7, 11) is -5.00. The highest BCUT2D eigenvalue weighted by molar-refractivity contribution is 7.44. The van der Waals surface area contributed by atoms with Gasteiger partial charge >= 0.3 is 11.9 Å². The molecule has 0 spiro atoms. The van der Waals surface area contributed by atoms with E-state index < -0.39 is 32.5 Å². The van der Waals surface area contributed by atoms with Gasteiger partial charge in [0.15, 0.2) is 6.10 Å². The average Bonchev–Trinajstić information content (AvgIpc) is 3.05. The summed E-state index contributed by atoms with van der Waals surface area (Å²) in [6, 6.07) is 0. The van der Waals surface area contributed by atoms with Gasteiger partial charge in [0.05, 0.1) is 6.61 Å². The molecule has 1 unspecified atom stereocenters. The van der Waals surface area contributed by atoms with Crippen molar-refractivity contribution in [1.29, 1.82) is 0 Å². The molecule has 2 atom stereocenters. The van der Waals surface area contributed by atoms with Gasteiger partial charge in [-0.25, -0.2) is 0 Å². The lowest BCUT2D eigenvalue weighted by Crippen LogP contribution is -2.30. The van der Waals surface area contributed by atoms with E-state index in [1.807, 2.05) is 0 Å². The smallest absolute Gasteiger partial charge is 0.306 e. The van der Waals surface area contributed by atoms with Gasteiger partial charge in [-0.05, 0) is 38.5 Å². The van der Waals surface area contributed by atoms with E-state index in [4.69, 9.17) is 14.4 Å². The van der Waals surface area contributed by atoms with Crippen LogP contribution in [0.5, 0.6) is 0 Å². The van der Waals surface area contributed by atoms with Crippen LogP contribution in [0.2, 0.25) is 0 Å². The van der Waals surface area contributed by atoms with E-state index in [1.54, 1.807) is 0 Å². The first-order valence-electron chi connectivity index (χ1n) is 20.0. The largest absolute Gasteiger partial charge is 0.756 e. The van der Waals surface area contributed by atoms with Crippen LogP contribution in [-0.2, 0) is 28.2 Å². The van der Waals surface area contributed by atoms with Gasteiger partial charge in [-0.2, -0.15) is 0 Å². The van der Waals surface area contributed by atoms with Gasteiger partial charge in [0.2, 0.25) is 0 Å². The molecule has 0 saturated carbocycles. The van der Waals surface area contributed by atoms with E-state index in [9.17, 15) is 19.0 Å². The number of allylic oxidation sites excluding steroid dienone is 2. The molecule has 0 aliphatic rings. The monoisotopic (exact) mass is 702 g/mol. The van der Waals surface area contributed by atoms with Crippen LogP contribution in [0.1, 0.15) is 206 Å². The Morgan fingerprint density at radius 2 is 0.917 bits per heavy atom. The van der Waals surface area contributed by atoms with E-state index in [0.29, 0.717) is 6.42 Å². The Labute approximate surface area is 295 Å². The normalized spacial score (nSPS) is 13.5. The number of rotatable bonds is 37. The van der Waals surface area contributed by atoms with Gasteiger partial charge in [-0.1, -0.05) is 167 Å². The number of ether oxygens (including phenoxy) is 2. The molecule has 0 rings (SSSR count). The number of carbonyl (C=O) groups is 2. The highest BCUT2D eigenvalue weighted by Gasteiger charge is 2.19. The third-order valence-electron chi connectivity index (χ3n) is 8.78. The van der Waals surface area contributed by atoms with Crippen LogP contribution in [0.25, 0.3) is 0 Å². The fraction of sp³-hybridized carbons (Fsp3) is 0.897. The summed E-state index contributed by atoms with van der Waals surface area (Å²) in [5, 5.41) is 0. The number of unbranched alkanes of at least 4 members (excludes halogenated alkanes) is 25. The second-order valence-electron chi connectivity index (χ2n) is 13.6. The molecule has 1 N–H and O–H groups in total. The molecule has 0 radical (unpaired) electrons. The van der Waals surface area contributed by atoms with Crippen LogP contribution in [0.4, 0.5) is 0 Å². The van der Waals surface area contributed by atoms with Crippen molar-refractivity contribution >= 4 is 19.8 Å². The number of esters is 2. The van der Waals surface area contributed by atoms with Crippen LogP contribution < -0.4 is 4.89 Å². The van der Waals surface area contributed by atoms with Crippen LogP contribution in [0, 0.1) is 0 Å². The predicted octanol–water partition coefficient (Wildman–Crippen LogP) is 11.2. The molecule has 0 fully saturated rings. The first kappa shape index (κ1) is 46.8. The summed E-state index contributed by atoms with van der Waals surface area (Å²) < 4.78 is 26.1. The summed E-state index contributed by atoms with van der Waals surface area (Å²) >= 11 is 0. The summed E-state index contributed by atoms with van der Waals surface area (Å²) in [5.74, 6) is -0.921. The summed E-state index contributed by atoms with van der Waals surface area (Å²) in [6.07, 6.45) is 37.6. The van der Waals surface area contributed by atoms with Crippen molar-refractivity contribution in [2.24, 2.45) is 0 Å². The first-order chi connectivity index (χ1) is 23.3. The number of phosphoric ester groups is 1. The lowest BCUT2D eigenvalue weighted by molar-refractivity contribution is -0.223. The Bertz CT molecular complexity index is 797. The van der Waals surface area contributed by atoms with Crippen molar-refractivity contribution < 1.29 is 37.9 Å². The molecular formula is C39H74O8P-. The molecule has 0 aromatic carbocycles. The van der Waals surface area contributed by atoms with E-state index in [-0.39, 0.29) is 19.4 Å². The quantitative estimate of drug-likeness (QED) is 0.0294. The molecule has 0 bridgehead atoms. The predicted molar refractivity (Wildman–Crippen MR) is 196 cm³/mol. The standard InChI is InChI=1S/C39H75O8P/c1-3-5-7-9-11-13-15-17-19-21-23-25-27-29-31-33-38(40)45-35-37(36-46-48(42,43)44)47-39(41)34-32-30-28-26-24-22-20-18-16-14-12-10-8-6-4-2/h18,20,37H,3-17,19,21-36H2,1-2H3,(H2,42,43,44)/p-1/b20-18-/t37-/m1/s1. The SMILES string of the molecule is CCCCCCCC/C=C\CCCCCCCC(=O)O[C@H](COC(=O)CCCCCCCCCCCCCCCCC)COP(=O)([O-])O. The van der Waals surface area contributed by atoms with Gasteiger partial charge < -0.3 is 23.8 Å². The van der Waals surface area contributed by atoms with Gasteiger partial charge in [0, 0.05) is 12.8 Å². The zero-order valence-corrected chi connectivity index (χ0v) is 32.0. The number of carbonyl (C=O) groups excluding carboxylic acids is 2. The van der Waals surface area contributed by atoms with E-state index in [1.165, 1.54) is 122 Å². The van der Waals surface area contributed by atoms with Crippen LogP contribution in [-0.4, -0.2) is 36.1 Å². The van der Waals surface area contributed by atoms with E-state index in [0.717, 1.165) is 51.4 Å². The summed E-state index contributed by atoms with van der Waals surface area (Å²) in [6.45, 7) is 3.59. The van der Waals surface area contributed by atoms with Gasteiger partial charge in [0.1, 0.15) is 6.61 Å². The molecular weight excluding hydrogens is 627 g/mol. The van der Waals surface area contributed by atoms with Crippen molar-refractivity contribution in [3.63, 3.8) is 0 Å².